The van der Waals surface area contributed by atoms with Crippen LogP contribution >= 0.6 is 0 Å². The number of aromatic nitrogens is 2. The van der Waals surface area contributed by atoms with Crippen LogP contribution in [0.2, 0.25) is 0 Å². The van der Waals surface area contributed by atoms with Gasteiger partial charge < -0.3 is 14.6 Å². The van der Waals surface area contributed by atoms with Crippen molar-refractivity contribution < 1.29 is 9.53 Å². The summed E-state index contributed by atoms with van der Waals surface area (Å²) in [5, 5.41) is 9.46. The Morgan fingerprint density at radius 3 is 2.86 bits per heavy atom. The predicted octanol–water partition coefficient (Wildman–Crippen LogP) is 1.32. The number of carbonyl (C=O) groups is 1. The third-order valence-electron chi connectivity index (χ3n) is 5.10. The first-order chi connectivity index (χ1) is 14.2. The maximum Gasteiger partial charge on any atom is 0.258 e. The number of carbonyl (C=O) groups excluding carboxylic acids is 1. The molecule has 0 atom stereocenters. The number of hydrogen-bond acceptors (Lipinski definition) is 6. The van der Waals surface area contributed by atoms with Gasteiger partial charge in [0.2, 0.25) is 5.91 Å². The first-order valence-corrected chi connectivity index (χ1v) is 10.1. The molecule has 1 aliphatic heterocycles. The second-order valence-corrected chi connectivity index (χ2v) is 7.13. The third kappa shape index (κ3) is 6.11. The van der Waals surface area contributed by atoms with E-state index in [9.17, 15) is 9.59 Å². The number of amides is 1. The molecule has 1 aliphatic rings. The topological polar surface area (TPSA) is 102 Å². The fourth-order valence-electron chi connectivity index (χ4n) is 3.45. The number of nitrogens with zero attached hydrogens (tertiary/aromatic N) is 4. The van der Waals surface area contributed by atoms with Gasteiger partial charge in [-0.2, -0.15) is 5.26 Å². The highest BCUT2D eigenvalue weighted by Gasteiger charge is 2.16. The van der Waals surface area contributed by atoms with Crippen LogP contribution < -0.4 is 5.56 Å². The van der Waals surface area contributed by atoms with Crippen molar-refractivity contribution in [3.05, 3.63) is 40.4 Å². The van der Waals surface area contributed by atoms with E-state index in [1.165, 1.54) is 0 Å². The number of aromatic amines is 1. The molecule has 154 valence electrons. The Balaban J connectivity index is 1.52. The van der Waals surface area contributed by atoms with Crippen LogP contribution in [0, 0.1) is 11.3 Å². The summed E-state index contributed by atoms with van der Waals surface area (Å²) < 4.78 is 5.35. The number of ether oxygens (including phenoxy) is 1. The number of hydrogen-bond donors (Lipinski definition) is 1. The summed E-state index contributed by atoms with van der Waals surface area (Å²) in [6.45, 7) is 5.06. The molecule has 0 bridgehead atoms. The van der Waals surface area contributed by atoms with E-state index < -0.39 is 0 Å². The zero-order valence-corrected chi connectivity index (χ0v) is 16.6. The molecular weight excluding hydrogens is 370 g/mol. The summed E-state index contributed by atoms with van der Waals surface area (Å²) >= 11 is 0. The molecule has 1 aromatic heterocycles. The number of rotatable bonds is 9. The van der Waals surface area contributed by atoms with Gasteiger partial charge in [0.15, 0.2) is 0 Å². The molecule has 1 fully saturated rings. The Morgan fingerprint density at radius 1 is 1.28 bits per heavy atom. The number of fused-ring (bicyclic) bond motifs is 1. The zero-order chi connectivity index (χ0) is 20.5. The minimum absolute atomic E-state index is 0.0386. The molecule has 8 nitrogen and oxygen atoms in total. The van der Waals surface area contributed by atoms with Crippen molar-refractivity contribution in [2.24, 2.45) is 0 Å². The molecule has 2 aromatic rings. The van der Waals surface area contributed by atoms with Crippen molar-refractivity contribution in [2.45, 2.75) is 25.7 Å². The van der Waals surface area contributed by atoms with Crippen molar-refractivity contribution in [1.82, 2.24) is 19.8 Å². The Morgan fingerprint density at radius 2 is 2.07 bits per heavy atom. The lowest BCUT2D eigenvalue weighted by atomic mass is 10.2. The Kier molecular flexibility index (Phi) is 7.73. The van der Waals surface area contributed by atoms with Crippen molar-refractivity contribution in [2.75, 3.05) is 45.9 Å². The van der Waals surface area contributed by atoms with Crippen LogP contribution in [-0.2, 0) is 16.0 Å². The minimum Gasteiger partial charge on any atom is -0.379 e. The molecule has 0 unspecified atom stereocenters. The number of para-hydroxylation sites is 1. The van der Waals surface area contributed by atoms with Crippen LogP contribution in [0.4, 0.5) is 0 Å². The van der Waals surface area contributed by atoms with Gasteiger partial charge in [-0.05, 0) is 18.6 Å². The second-order valence-electron chi connectivity index (χ2n) is 7.13. The minimum atomic E-state index is -0.155. The number of aryl methyl sites for hydroxylation is 1. The van der Waals surface area contributed by atoms with Gasteiger partial charge >= 0.3 is 0 Å². The Labute approximate surface area is 170 Å². The molecule has 2 heterocycles. The van der Waals surface area contributed by atoms with E-state index in [0.717, 1.165) is 32.8 Å². The fraction of sp³-hybridized carbons (Fsp3) is 0.524. The zero-order valence-electron chi connectivity index (χ0n) is 16.6. The highest BCUT2D eigenvalue weighted by Crippen LogP contribution is 2.09. The summed E-state index contributed by atoms with van der Waals surface area (Å²) in [4.78, 5) is 36.2. The SMILES string of the molecule is N#CCCN(CCN1CCOCC1)C(=O)CCCc1nc2ccccc2c(=O)[nH]1. The van der Waals surface area contributed by atoms with Gasteiger partial charge in [-0.1, -0.05) is 12.1 Å². The second kappa shape index (κ2) is 10.7. The third-order valence-corrected chi connectivity index (χ3v) is 5.10. The van der Waals surface area contributed by atoms with Gasteiger partial charge in [0.25, 0.3) is 5.56 Å². The van der Waals surface area contributed by atoms with Crippen LogP contribution in [0.3, 0.4) is 0 Å². The van der Waals surface area contributed by atoms with E-state index in [1.807, 2.05) is 18.2 Å². The van der Waals surface area contributed by atoms with Gasteiger partial charge in [-0.3, -0.25) is 14.5 Å². The van der Waals surface area contributed by atoms with E-state index >= 15 is 0 Å². The molecule has 3 rings (SSSR count). The van der Waals surface area contributed by atoms with E-state index in [2.05, 4.69) is 20.9 Å². The lowest BCUT2D eigenvalue weighted by Crippen LogP contribution is -2.43. The standard InChI is InChI=1S/C21H27N5O3/c22-9-4-10-26(12-11-25-13-15-29-16-14-25)20(27)8-3-7-19-23-18-6-2-1-5-17(18)21(28)24-19/h1-2,5-6H,3-4,7-8,10-16H2,(H,23,24,28). The van der Waals surface area contributed by atoms with Crippen LogP contribution in [0.5, 0.6) is 0 Å². The van der Waals surface area contributed by atoms with E-state index in [-0.39, 0.29) is 11.5 Å². The molecular formula is C21H27N5O3. The van der Waals surface area contributed by atoms with Crippen molar-refractivity contribution in [3.63, 3.8) is 0 Å². The van der Waals surface area contributed by atoms with Gasteiger partial charge in [-0.15, -0.1) is 0 Å². The molecule has 29 heavy (non-hydrogen) atoms. The number of benzene rings is 1. The van der Waals surface area contributed by atoms with Crippen LogP contribution in [0.1, 0.15) is 25.1 Å². The summed E-state index contributed by atoms with van der Waals surface area (Å²) in [5.41, 5.74) is 0.511. The lowest BCUT2D eigenvalue weighted by Gasteiger charge is -2.30. The summed E-state index contributed by atoms with van der Waals surface area (Å²) in [6.07, 6.45) is 1.82. The average Bonchev–Trinajstić information content (AvgIpc) is 2.74. The largest absolute Gasteiger partial charge is 0.379 e. The van der Waals surface area contributed by atoms with Crippen molar-refractivity contribution in [1.29, 1.82) is 5.26 Å². The van der Waals surface area contributed by atoms with E-state index in [4.69, 9.17) is 10.00 Å². The molecule has 0 aliphatic carbocycles. The highest BCUT2D eigenvalue weighted by atomic mass is 16.5. The first-order valence-electron chi connectivity index (χ1n) is 10.1. The van der Waals surface area contributed by atoms with Gasteiger partial charge in [0.1, 0.15) is 5.82 Å². The molecule has 1 N–H and O–H groups in total. The lowest BCUT2D eigenvalue weighted by molar-refractivity contribution is -0.131. The van der Waals surface area contributed by atoms with Crippen molar-refractivity contribution >= 4 is 16.8 Å². The maximum atomic E-state index is 12.7. The number of nitrogens with one attached hydrogen (secondary N) is 1. The number of morpholine rings is 1. The average molecular weight is 397 g/mol. The molecule has 1 saturated heterocycles. The van der Waals surface area contributed by atoms with E-state index in [1.54, 1.807) is 11.0 Å². The fourth-order valence-corrected chi connectivity index (χ4v) is 3.45. The van der Waals surface area contributed by atoms with Gasteiger partial charge in [-0.25, -0.2) is 4.98 Å². The van der Waals surface area contributed by atoms with E-state index in [0.29, 0.717) is 55.5 Å². The maximum absolute atomic E-state index is 12.7. The van der Waals surface area contributed by atoms with Crippen LogP contribution in [0.15, 0.2) is 29.1 Å². The molecule has 1 amide bonds. The Hall–Kier alpha value is -2.76. The molecule has 8 heteroatoms. The van der Waals surface area contributed by atoms with Crippen LogP contribution in [0.25, 0.3) is 10.9 Å². The Bertz CT molecular complexity index is 914. The van der Waals surface area contributed by atoms with Gasteiger partial charge in [0.05, 0.1) is 36.6 Å². The number of nitriles is 1. The summed E-state index contributed by atoms with van der Waals surface area (Å²) in [7, 11) is 0. The normalized spacial score (nSPS) is 14.6. The first kappa shape index (κ1) is 21.0. The highest BCUT2D eigenvalue weighted by molar-refractivity contribution is 5.77. The summed E-state index contributed by atoms with van der Waals surface area (Å²) in [6, 6.07) is 9.34. The summed E-state index contributed by atoms with van der Waals surface area (Å²) in [5.74, 6) is 0.634. The predicted molar refractivity (Wildman–Crippen MR) is 109 cm³/mol. The monoisotopic (exact) mass is 397 g/mol. The van der Waals surface area contributed by atoms with Crippen LogP contribution in [-0.4, -0.2) is 71.6 Å². The quantitative estimate of drug-likeness (QED) is 0.685. The van der Waals surface area contributed by atoms with Gasteiger partial charge in [0, 0.05) is 45.6 Å². The molecule has 1 aromatic carbocycles. The number of H-pyrrole nitrogens is 1. The van der Waals surface area contributed by atoms with Crippen molar-refractivity contribution in [3.8, 4) is 6.07 Å². The molecule has 0 radical (unpaired) electrons. The molecule has 0 saturated carbocycles. The smallest absolute Gasteiger partial charge is 0.258 e. The molecule has 0 spiro atoms.